The van der Waals surface area contributed by atoms with Crippen LogP contribution in [0.4, 0.5) is 10.5 Å². The molecule has 3 rings (SSSR count). The number of rotatable bonds is 6. The fourth-order valence-corrected chi connectivity index (χ4v) is 3.36. The first-order chi connectivity index (χ1) is 13.5. The number of urea groups is 1. The van der Waals surface area contributed by atoms with Gasteiger partial charge < -0.3 is 20.4 Å². The third-order valence-electron chi connectivity index (χ3n) is 4.73. The average Bonchev–Trinajstić information content (AvgIpc) is 3.21. The Kier molecular flexibility index (Phi) is 6.66. The largest absolute Gasteiger partial charge is 0.339 e. The van der Waals surface area contributed by atoms with Crippen LogP contribution in [0, 0.1) is 0 Å². The first-order valence-corrected chi connectivity index (χ1v) is 9.68. The number of carbonyl (C=O) groups excluding carboxylic acids is 2. The molecule has 6 nitrogen and oxygen atoms in total. The molecule has 28 heavy (non-hydrogen) atoms. The molecule has 148 valence electrons. The zero-order valence-electron chi connectivity index (χ0n) is 16.6. The SMILES string of the molecule is CN(C)Cc1cccc(CNC(=O)Nc2ccc(C(=O)N3CCCC3)cc2)c1. The van der Waals surface area contributed by atoms with Gasteiger partial charge in [-0.15, -0.1) is 0 Å². The van der Waals surface area contributed by atoms with E-state index in [1.165, 1.54) is 5.56 Å². The van der Waals surface area contributed by atoms with Crippen LogP contribution < -0.4 is 10.6 Å². The van der Waals surface area contributed by atoms with Crippen LogP contribution in [0.15, 0.2) is 48.5 Å². The first-order valence-electron chi connectivity index (χ1n) is 9.68. The van der Waals surface area contributed by atoms with Crippen LogP contribution in [-0.4, -0.2) is 48.9 Å². The Hall–Kier alpha value is -2.86. The van der Waals surface area contributed by atoms with E-state index in [0.29, 0.717) is 17.8 Å². The molecular weight excluding hydrogens is 352 g/mol. The van der Waals surface area contributed by atoms with Gasteiger partial charge in [-0.1, -0.05) is 24.3 Å². The molecule has 0 atom stereocenters. The van der Waals surface area contributed by atoms with E-state index >= 15 is 0 Å². The van der Waals surface area contributed by atoms with Gasteiger partial charge in [0, 0.05) is 37.4 Å². The number of amides is 3. The van der Waals surface area contributed by atoms with Crippen molar-refractivity contribution in [1.29, 1.82) is 0 Å². The van der Waals surface area contributed by atoms with Gasteiger partial charge in [0.2, 0.25) is 0 Å². The van der Waals surface area contributed by atoms with E-state index in [1.54, 1.807) is 24.3 Å². The monoisotopic (exact) mass is 380 g/mol. The van der Waals surface area contributed by atoms with Crippen molar-refractivity contribution in [1.82, 2.24) is 15.1 Å². The zero-order valence-corrected chi connectivity index (χ0v) is 16.6. The standard InChI is InChI=1S/C22H28N4O2/c1-25(2)16-18-7-5-6-17(14-18)15-23-22(28)24-20-10-8-19(9-11-20)21(27)26-12-3-4-13-26/h5-11,14H,3-4,12-13,15-16H2,1-2H3,(H2,23,24,28). The molecular formula is C22H28N4O2. The van der Waals surface area contributed by atoms with E-state index < -0.39 is 0 Å². The van der Waals surface area contributed by atoms with Crippen molar-refractivity contribution >= 4 is 17.6 Å². The summed E-state index contributed by atoms with van der Waals surface area (Å²) in [6.45, 7) is 2.98. The fraction of sp³-hybridized carbons (Fsp3) is 0.364. The lowest BCUT2D eigenvalue weighted by atomic mass is 10.1. The highest BCUT2D eigenvalue weighted by atomic mass is 16.2. The molecule has 2 aromatic carbocycles. The number of anilines is 1. The van der Waals surface area contributed by atoms with Crippen molar-refractivity contribution in [3.05, 3.63) is 65.2 Å². The summed E-state index contributed by atoms with van der Waals surface area (Å²) in [6, 6.07) is 15.0. The molecule has 1 aliphatic rings. The zero-order chi connectivity index (χ0) is 19.9. The van der Waals surface area contributed by atoms with Crippen molar-refractivity contribution in [2.75, 3.05) is 32.5 Å². The van der Waals surface area contributed by atoms with Crippen molar-refractivity contribution in [2.45, 2.75) is 25.9 Å². The predicted molar refractivity (Wildman–Crippen MR) is 111 cm³/mol. The van der Waals surface area contributed by atoms with Crippen LogP contribution in [0.25, 0.3) is 0 Å². The van der Waals surface area contributed by atoms with Crippen molar-refractivity contribution in [3.63, 3.8) is 0 Å². The molecule has 2 aromatic rings. The Morgan fingerprint density at radius 3 is 2.36 bits per heavy atom. The Bertz CT molecular complexity index is 812. The van der Waals surface area contributed by atoms with Gasteiger partial charge in [0.25, 0.3) is 5.91 Å². The highest BCUT2D eigenvalue weighted by molar-refractivity contribution is 5.95. The molecule has 0 radical (unpaired) electrons. The van der Waals surface area contributed by atoms with E-state index in [1.807, 2.05) is 31.1 Å². The van der Waals surface area contributed by atoms with Crippen LogP contribution in [0.3, 0.4) is 0 Å². The van der Waals surface area contributed by atoms with Gasteiger partial charge in [-0.3, -0.25) is 4.79 Å². The first kappa shape index (κ1) is 19.9. The van der Waals surface area contributed by atoms with E-state index in [4.69, 9.17) is 0 Å². The van der Waals surface area contributed by atoms with Crippen LogP contribution in [-0.2, 0) is 13.1 Å². The highest BCUT2D eigenvalue weighted by Crippen LogP contribution is 2.15. The lowest BCUT2D eigenvalue weighted by molar-refractivity contribution is 0.0793. The van der Waals surface area contributed by atoms with Gasteiger partial charge in [-0.2, -0.15) is 0 Å². The molecule has 3 amide bonds. The number of hydrogen-bond acceptors (Lipinski definition) is 3. The van der Waals surface area contributed by atoms with Crippen LogP contribution in [0.1, 0.15) is 34.3 Å². The lowest BCUT2D eigenvalue weighted by Crippen LogP contribution is -2.28. The van der Waals surface area contributed by atoms with Crippen molar-refractivity contribution < 1.29 is 9.59 Å². The van der Waals surface area contributed by atoms with Gasteiger partial charge >= 0.3 is 6.03 Å². The second-order valence-corrected chi connectivity index (χ2v) is 7.44. The number of nitrogens with one attached hydrogen (secondary N) is 2. The molecule has 2 N–H and O–H groups in total. The minimum Gasteiger partial charge on any atom is -0.339 e. The molecule has 0 unspecified atom stereocenters. The van der Waals surface area contributed by atoms with E-state index in [2.05, 4.69) is 27.7 Å². The van der Waals surface area contributed by atoms with Crippen molar-refractivity contribution in [3.8, 4) is 0 Å². The number of hydrogen-bond donors (Lipinski definition) is 2. The molecule has 0 spiro atoms. The Morgan fingerprint density at radius 2 is 1.68 bits per heavy atom. The summed E-state index contributed by atoms with van der Waals surface area (Å²) in [7, 11) is 4.06. The number of likely N-dealkylation sites (tertiary alicyclic amines) is 1. The third kappa shape index (κ3) is 5.57. The summed E-state index contributed by atoms with van der Waals surface area (Å²) in [5.74, 6) is 0.0612. The second kappa shape index (κ2) is 9.37. The molecule has 1 heterocycles. The lowest BCUT2D eigenvalue weighted by Gasteiger charge is -2.15. The third-order valence-corrected chi connectivity index (χ3v) is 4.73. The van der Waals surface area contributed by atoms with Gasteiger partial charge in [-0.05, 0) is 62.3 Å². The summed E-state index contributed by atoms with van der Waals surface area (Å²) >= 11 is 0. The Labute approximate surface area is 166 Å². The molecule has 0 aliphatic carbocycles. The minimum absolute atomic E-state index is 0.0612. The van der Waals surface area contributed by atoms with Gasteiger partial charge in [0.05, 0.1) is 0 Å². The quantitative estimate of drug-likeness (QED) is 0.808. The molecule has 1 aliphatic heterocycles. The Morgan fingerprint density at radius 1 is 1.00 bits per heavy atom. The molecule has 1 saturated heterocycles. The summed E-state index contributed by atoms with van der Waals surface area (Å²) in [5, 5.41) is 5.68. The molecule has 0 bridgehead atoms. The van der Waals surface area contributed by atoms with E-state index in [9.17, 15) is 9.59 Å². The maximum absolute atomic E-state index is 12.4. The molecule has 1 fully saturated rings. The number of carbonyl (C=O) groups is 2. The maximum atomic E-state index is 12.4. The summed E-state index contributed by atoms with van der Waals surface area (Å²) in [4.78, 5) is 28.5. The molecule has 0 saturated carbocycles. The maximum Gasteiger partial charge on any atom is 0.319 e. The summed E-state index contributed by atoms with van der Waals surface area (Å²) in [6.07, 6.45) is 2.15. The Balaban J connectivity index is 1.50. The number of nitrogens with zero attached hydrogens (tertiary/aromatic N) is 2. The van der Waals surface area contributed by atoms with E-state index in [0.717, 1.165) is 38.0 Å². The van der Waals surface area contributed by atoms with Crippen LogP contribution in [0.5, 0.6) is 0 Å². The molecule has 6 heteroatoms. The minimum atomic E-state index is -0.267. The fourth-order valence-electron chi connectivity index (χ4n) is 3.36. The number of benzene rings is 2. The van der Waals surface area contributed by atoms with Crippen molar-refractivity contribution in [2.24, 2.45) is 0 Å². The molecule has 0 aromatic heterocycles. The summed E-state index contributed by atoms with van der Waals surface area (Å²) < 4.78 is 0. The average molecular weight is 380 g/mol. The predicted octanol–water partition coefficient (Wildman–Crippen LogP) is 3.31. The second-order valence-electron chi connectivity index (χ2n) is 7.44. The van der Waals surface area contributed by atoms with Crippen LogP contribution >= 0.6 is 0 Å². The normalized spacial score (nSPS) is 13.6. The van der Waals surface area contributed by atoms with Gasteiger partial charge in [-0.25, -0.2) is 4.79 Å². The van der Waals surface area contributed by atoms with Crippen LogP contribution in [0.2, 0.25) is 0 Å². The van der Waals surface area contributed by atoms with Gasteiger partial charge in [0.1, 0.15) is 0 Å². The van der Waals surface area contributed by atoms with Gasteiger partial charge in [0.15, 0.2) is 0 Å². The topological polar surface area (TPSA) is 64.7 Å². The highest BCUT2D eigenvalue weighted by Gasteiger charge is 2.19. The van der Waals surface area contributed by atoms with E-state index in [-0.39, 0.29) is 11.9 Å². The smallest absolute Gasteiger partial charge is 0.319 e. The summed E-state index contributed by atoms with van der Waals surface area (Å²) in [5.41, 5.74) is 3.59.